The Morgan fingerprint density at radius 1 is 1.23 bits per heavy atom. The number of hydrogen-bond donors (Lipinski definition) is 0. The van der Waals surface area contributed by atoms with Crippen molar-refractivity contribution in [3.05, 3.63) is 34.5 Å². The minimum Gasteiger partial charge on any atom is -0.376 e. The van der Waals surface area contributed by atoms with Crippen LogP contribution in [0, 0.1) is 24.7 Å². The van der Waals surface area contributed by atoms with Gasteiger partial charge in [-0.2, -0.15) is 5.10 Å². The molecule has 0 bridgehead atoms. The van der Waals surface area contributed by atoms with Gasteiger partial charge in [-0.05, 0) is 55.9 Å². The highest BCUT2D eigenvalue weighted by atomic mass is 32.1. The van der Waals surface area contributed by atoms with E-state index in [1.54, 1.807) is 11.3 Å². The largest absolute Gasteiger partial charge is 0.376 e. The second-order valence-corrected chi connectivity index (χ2v) is 9.47. The number of hydrogen-bond acceptors (Lipinski definition) is 5. The maximum Gasteiger partial charge on any atom is 0.107 e. The number of aromatic nitrogens is 3. The van der Waals surface area contributed by atoms with Gasteiger partial charge in [-0.1, -0.05) is 0 Å². The predicted octanol–water partition coefficient (Wildman–Crippen LogP) is 3.53. The number of rotatable bonds is 6. The summed E-state index contributed by atoms with van der Waals surface area (Å²) in [6.45, 7) is 6.46. The van der Waals surface area contributed by atoms with Crippen molar-refractivity contribution in [3.63, 3.8) is 0 Å². The normalized spacial score (nSPS) is 32.0. The molecule has 2 aromatic rings. The van der Waals surface area contributed by atoms with Crippen LogP contribution in [0.15, 0.2) is 24.0 Å². The molecule has 5 nitrogen and oxygen atoms in total. The van der Waals surface area contributed by atoms with Crippen LogP contribution in [0.25, 0.3) is 0 Å². The molecule has 3 aliphatic rings. The van der Waals surface area contributed by atoms with E-state index in [1.165, 1.54) is 49.3 Å². The van der Waals surface area contributed by atoms with E-state index in [1.807, 2.05) is 12.4 Å². The van der Waals surface area contributed by atoms with Crippen LogP contribution in [0.4, 0.5) is 0 Å². The number of thiazole rings is 1. The van der Waals surface area contributed by atoms with Crippen molar-refractivity contribution < 1.29 is 4.74 Å². The van der Waals surface area contributed by atoms with Crippen molar-refractivity contribution in [1.29, 1.82) is 0 Å². The second kappa shape index (κ2) is 7.06. The molecular formula is C20H28N4OS. The Morgan fingerprint density at radius 3 is 2.77 bits per heavy atom. The summed E-state index contributed by atoms with van der Waals surface area (Å²) in [4.78, 5) is 7.07. The predicted molar refractivity (Wildman–Crippen MR) is 102 cm³/mol. The zero-order valence-corrected chi connectivity index (χ0v) is 16.3. The van der Waals surface area contributed by atoms with Crippen molar-refractivity contribution >= 4 is 11.3 Å². The Hall–Kier alpha value is -1.24. The highest BCUT2D eigenvalue weighted by molar-refractivity contribution is 7.09. The summed E-state index contributed by atoms with van der Waals surface area (Å²) >= 11 is 1.77. The molecule has 1 saturated heterocycles. The van der Waals surface area contributed by atoms with Gasteiger partial charge in [0.15, 0.2) is 0 Å². The van der Waals surface area contributed by atoms with E-state index < -0.39 is 0 Å². The van der Waals surface area contributed by atoms with Gasteiger partial charge < -0.3 is 4.74 Å². The maximum atomic E-state index is 6.44. The monoisotopic (exact) mass is 372 g/mol. The molecule has 0 aromatic carbocycles. The molecule has 0 amide bonds. The van der Waals surface area contributed by atoms with Crippen LogP contribution in [0.1, 0.15) is 42.3 Å². The molecule has 3 fully saturated rings. The van der Waals surface area contributed by atoms with E-state index in [0.29, 0.717) is 12.1 Å². The van der Waals surface area contributed by atoms with Crippen molar-refractivity contribution in [2.75, 3.05) is 19.7 Å². The van der Waals surface area contributed by atoms with Gasteiger partial charge in [0, 0.05) is 37.5 Å². The molecule has 6 heteroatoms. The second-order valence-electron chi connectivity index (χ2n) is 8.49. The van der Waals surface area contributed by atoms with Gasteiger partial charge in [0.2, 0.25) is 0 Å². The molecule has 5 rings (SSSR count). The van der Waals surface area contributed by atoms with E-state index in [0.717, 1.165) is 30.9 Å². The van der Waals surface area contributed by atoms with Gasteiger partial charge in [0.05, 0.1) is 24.9 Å². The Bertz CT molecular complexity index is 726. The lowest BCUT2D eigenvalue weighted by molar-refractivity contribution is -0.0371. The first-order valence-corrected chi connectivity index (χ1v) is 10.9. The quantitative estimate of drug-likeness (QED) is 0.778. The highest BCUT2D eigenvalue weighted by Gasteiger charge is 2.44. The van der Waals surface area contributed by atoms with Crippen molar-refractivity contribution in [2.45, 2.75) is 51.3 Å². The van der Waals surface area contributed by atoms with Gasteiger partial charge in [0.1, 0.15) is 5.01 Å². The van der Waals surface area contributed by atoms with E-state index in [-0.39, 0.29) is 0 Å². The summed E-state index contributed by atoms with van der Waals surface area (Å²) in [5.41, 5.74) is 1.24. The van der Waals surface area contributed by atoms with E-state index in [9.17, 15) is 0 Å². The summed E-state index contributed by atoms with van der Waals surface area (Å²) in [7, 11) is 0. The molecule has 0 N–H and O–H groups in total. The van der Waals surface area contributed by atoms with Crippen LogP contribution >= 0.6 is 11.3 Å². The molecule has 2 saturated carbocycles. The first-order chi connectivity index (χ1) is 12.7. The fourth-order valence-corrected chi connectivity index (χ4v) is 5.41. The Labute approximate surface area is 159 Å². The minimum atomic E-state index is 0.316. The number of aryl methyl sites for hydroxylation is 1. The van der Waals surface area contributed by atoms with Crippen LogP contribution < -0.4 is 0 Å². The molecule has 3 heterocycles. The molecule has 0 unspecified atom stereocenters. The first-order valence-electron chi connectivity index (χ1n) is 9.97. The third-order valence-electron chi connectivity index (χ3n) is 6.32. The Balaban J connectivity index is 1.29. The number of nitrogens with zero attached hydrogens (tertiary/aromatic N) is 4. The lowest BCUT2D eigenvalue weighted by Crippen LogP contribution is -2.38. The summed E-state index contributed by atoms with van der Waals surface area (Å²) in [5, 5.41) is 7.96. The lowest BCUT2D eigenvalue weighted by Gasteiger charge is -2.38. The van der Waals surface area contributed by atoms with Crippen LogP contribution in [-0.2, 0) is 11.3 Å². The molecular weight excluding hydrogens is 344 g/mol. The van der Waals surface area contributed by atoms with Crippen molar-refractivity contribution in [3.8, 4) is 0 Å². The molecule has 0 radical (unpaired) electrons. The number of fused-ring (bicyclic) bond motifs is 1. The third kappa shape index (κ3) is 3.59. The lowest BCUT2D eigenvalue weighted by atomic mass is 9.77. The molecule has 4 atom stereocenters. The average molecular weight is 373 g/mol. The number of likely N-dealkylation sites (tertiary alicyclic amines) is 1. The smallest absolute Gasteiger partial charge is 0.107 e. The zero-order valence-electron chi connectivity index (χ0n) is 15.5. The average Bonchev–Trinajstić information content (AvgIpc) is 2.98. The van der Waals surface area contributed by atoms with Crippen molar-refractivity contribution in [2.24, 2.45) is 17.8 Å². The summed E-state index contributed by atoms with van der Waals surface area (Å²) < 4.78 is 8.63. The SMILES string of the molecule is Cc1cnn([C@H]2C[C@H]3CN(Cc4nccs4)C[C@H]3C[C@@H]2OCC2CC2)c1. The topological polar surface area (TPSA) is 43.2 Å². The van der Waals surface area contributed by atoms with Gasteiger partial charge in [-0.15, -0.1) is 11.3 Å². The van der Waals surface area contributed by atoms with E-state index >= 15 is 0 Å². The summed E-state index contributed by atoms with van der Waals surface area (Å²) in [6, 6.07) is 0.392. The summed E-state index contributed by atoms with van der Waals surface area (Å²) in [6.07, 6.45) is 11.5. The Kier molecular flexibility index (Phi) is 4.59. The van der Waals surface area contributed by atoms with Crippen LogP contribution in [0.3, 0.4) is 0 Å². The van der Waals surface area contributed by atoms with Crippen LogP contribution in [0.2, 0.25) is 0 Å². The standard InChI is InChI=1S/C20H28N4OS/c1-14-8-22-24(9-14)18-6-16-10-23(12-20-21-4-5-26-20)11-17(16)7-19(18)25-13-15-2-3-15/h4-5,8-9,15-19H,2-3,6-7,10-13H2,1H3/t16-,17+,18-,19-/m0/s1. The molecule has 26 heavy (non-hydrogen) atoms. The van der Waals surface area contributed by atoms with Gasteiger partial charge in [-0.25, -0.2) is 4.98 Å². The Morgan fingerprint density at radius 2 is 2.08 bits per heavy atom. The zero-order chi connectivity index (χ0) is 17.5. The molecule has 1 aliphatic heterocycles. The molecule has 0 spiro atoms. The third-order valence-corrected chi connectivity index (χ3v) is 7.08. The van der Waals surface area contributed by atoms with Crippen LogP contribution in [0.5, 0.6) is 0 Å². The first kappa shape index (κ1) is 16.9. The van der Waals surface area contributed by atoms with E-state index in [2.05, 4.69) is 38.2 Å². The minimum absolute atomic E-state index is 0.316. The van der Waals surface area contributed by atoms with Gasteiger partial charge in [0.25, 0.3) is 0 Å². The van der Waals surface area contributed by atoms with Gasteiger partial charge >= 0.3 is 0 Å². The maximum absolute atomic E-state index is 6.44. The fraction of sp³-hybridized carbons (Fsp3) is 0.700. The molecule has 2 aliphatic carbocycles. The molecule has 140 valence electrons. The summed E-state index contributed by atoms with van der Waals surface area (Å²) in [5.74, 6) is 2.33. The number of ether oxygens (including phenoxy) is 1. The molecule has 2 aromatic heterocycles. The fourth-order valence-electron chi connectivity index (χ4n) is 4.75. The van der Waals surface area contributed by atoms with Gasteiger partial charge in [-0.3, -0.25) is 9.58 Å². The highest BCUT2D eigenvalue weighted by Crippen LogP contribution is 2.43. The van der Waals surface area contributed by atoms with Crippen LogP contribution in [-0.4, -0.2) is 45.5 Å². The van der Waals surface area contributed by atoms with E-state index in [4.69, 9.17) is 4.74 Å². The van der Waals surface area contributed by atoms with Crippen molar-refractivity contribution in [1.82, 2.24) is 19.7 Å².